The Morgan fingerprint density at radius 3 is 2.84 bits per heavy atom. The molecule has 0 aliphatic carbocycles. The molecule has 2 aromatic rings. The summed E-state index contributed by atoms with van der Waals surface area (Å²) in [4.78, 5) is 11.7. The van der Waals surface area contributed by atoms with Crippen molar-refractivity contribution in [3.8, 4) is 0 Å². The van der Waals surface area contributed by atoms with Gasteiger partial charge < -0.3 is 5.32 Å². The van der Waals surface area contributed by atoms with E-state index in [1.165, 1.54) is 6.20 Å². The van der Waals surface area contributed by atoms with E-state index in [9.17, 15) is 4.79 Å². The van der Waals surface area contributed by atoms with Gasteiger partial charge in [-0.2, -0.15) is 10.2 Å². The van der Waals surface area contributed by atoms with Gasteiger partial charge in [0.1, 0.15) is 6.54 Å². The van der Waals surface area contributed by atoms with E-state index in [1.54, 1.807) is 15.6 Å². The highest BCUT2D eigenvalue weighted by atomic mass is 79.9. The summed E-state index contributed by atoms with van der Waals surface area (Å²) in [5.74, 6) is -0.103. The van der Waals surface area contributed by atoms with E-state index >= 15 is 0 Å². The molecule has 0 aliphatic heterocycles. The van der Waals surface area contributed by atoms with Gasteiger partial charge in [-0.1, -0.05) is 11.6 Å². The van der Waals surface area contributed by atoms with Crippen molar-refractivity contribution in [2.24, 2.45) is 0 Å². The van der Waals surface area contributed by atoms with Crippen molar-refractivity contribution in [2.45, 2.75) is 20.0 Å². The molecule has 0 saturated carbocycles. The Morgan fingerprint density at radius 1 is 1.47 bits per heavy atom. The van der Waals surface area contributed by atoms with Gasteiger partial charge >= 0.3 is 0 Å². The second-order valence-corrected chi connectivity index (χ2v) is 5.33. The first-order valence-corrected chi connectivity index (χ1v) is 6.86. The highest BCUT2D eigenvalue weighted by Crippen LogP contribution is 2.12. The number of hydrogen-bond donors (Lipinski definition) is 1. The van der Waals surface area contributed by atoms with Gasteiger partial charge in [0.2, 0.25) is 5.91 Å². The third-order valence-corrected chi connectivity index (χ3v) is 3.38. The second kappa shape index (κ2) is 6.21. The Labute approximate surface area is 123 Å². The Hall–Kier alpha value is -1.34. The van der Waals surface area contributed by atoms with Crippen LogP contribution in [0.3, 0.4) is 0 Å². The lowest BCUT2D eigenvalue weighted by molar-refractivity contribution is -0.121. The molecule has 102 valence electrons. The molecule has 8 heteroatoms. The van der Waals surface area contributed by atoms with Crippen LogP contribution in [0.5, 0.6) is 0 Å². The minimum absolute atomic E-state index is 0.103. The molecule has 2 heterocycles. The molecule has 0 saturated heterocycles. The molecule has 0 atom stereocenters. The molecule has 2 rings (SSSR count). The van der Waals surface area contributed by atoms with Crippen LogP contribution in [0.4, 0.5) is 0 Å². The molecule has 0 spiro atoms. The summed E-state index contributed by atoms with van der Waals surface area (Å²) in [5.41, 5.74) is 0.785. The third kappa shape index (κ3) is 3.81. The maximum Gasteiger partial charge on any atom is 0.241 e. The van der Waals surface area contributed by atoms with Gasteiger partial charge in [-0.15, -0.1) is 0 Å². The quantitative estimate of drug-likeness (QED) is 0.895. The van der Waals surface area contributed by atoms with E-state index in [0.29, 0.717) is 18.1 Å². The highest BCUT2D eigenvalue weighted by Gasteiger charge is 2.08. The summed E-state index contributed by atoms with van der Waals surface area (Å²) < 4.78 is 4.24. The van der Waals surface area contributed by atoms with E-state index in [4.69, 9.17) is 11.6 Å². The fraction of sp³-hybridized carbons (Fsp3) is 0.364. The number of nitrogens with one attached hydrogen (secondary N) is 1. The maximum atomic E-state index is 11.7. The van der Waals surface area contributed by atoms with Crippen molar-refractivity contribution in [1.82, 2.24) is 24.9 Å². The maximum absolute atomic E-state index is 11.7. The summed E-state index contributed by atoms with van der Waals surface area (Å²) in [5, 5.41) is 11.5. The molecule has 0 aliphatic rings. The summed E-state index contributed by atoms with van der Waals surface area (Å²) >= 11 is 9.18. The van der Waals surface area contributed by atoms with Crippen LogP contribution in [0.15, 0.2) is 23.1 Å². The predicted molar refractivity (Wildman–Crippen MR) is 74.9 cm³/mol. The molecule has 0 fully saturated rings. The predicted octanol–water partition coefficient (Wildman–Crippen LogP) is 1.62. The van der Waals surface area contributed by atoms with Crippen molar-refractivity contribution < 1.29 is 4.79 Å². The molecule has 1 amide bonds. The monoisotopic (exact) mass is 345 g/mol. The highest BCUT2D eigenvalue weighted by molar-refractivity contribution is 9.10. The average molecular weight is 347 g/mol. The first-order chi connectivity index (χ1) is 9.06. The zero-order valence-electron chi connectivity index (χ0n) is 10.3. The zero-order valence-corrected chi connectivity index (χ0v) is 12.6. The van der Waals surface area contributed by atoms with E-state index in [2.05, 4.69) is 31.4 Å². The number of rotatable bonds is 5. The van der Waals surface area contributed by atoms with Crippen LogP contribution in [0, 0.1) is 6.92 Å². The standard InChI is InChI=1S/C11H13BrClN5O/c1-8-10(13)5-16-18(8)7-11(19)14-2-3-17-6-9(12)4-15-17/h4-6H,2-3,7H2,1H3,(H,14,19). The van der Waals surface area contributed by atoms with Crippen LogP contribution in [0.2, 0.25) is 5.02 Å². The molecular weight excluding hydrogens is 334 g/mol. The minimum Gasteiger partial charge on any atom is -0.353 e. The van der Waals surface area contributed by atoms with Crippen LogP contribution >= 0.6 is 27.5 Å². The minimum atomic E-state index is -0.103. The molecule has 1 N–H and O–H groups in total. The Balaban J connectivity index is 1.77. The van der Waals surface area contributed by atoms with Gasteiger partial charge in [-0.3, -0.25) is 14.2 Å². The number of hydrogen-bond acceptors (Lipinski definition) is 3. The lowest BCUT2D eigenvalue weighted by Gasteiger charge is -2.07. The van der Waals surface area contributed by atoms with Crippen LogP contribution in [0.1, 0.15) is 5.69 Å². The number of carbonyl (C=O) groups is 1. The summed E-state index contributed by atoms with van der Waals surface area (Å²) in [6.07, 6.45) is 5.09. The van der Waals surface area contributed by atoms with E-state index < -0.39 is 0 Å². The summed E-state index contributed by atoms with van der Waals surface area (Å²) in [6, 6.07) is 0. The molecule has 0 aromatic carbocycles. The van der Waals surface area contributed by atoms with Gasteiger partial charge in [-0.25, -0.2) is 0 Å². The summed E-state index contributed by atoms with van der Waals surface area (Å²) in [6.45, 7) is 3.13. The third-order valence-electron chi connectivity index (χ3n) is 2.60. The number of halogens is 2. The first kappa shape index (κ1) is 14.1. The largest absolute Gasteiger partial charge is 0.353 e. The zero-order chi connectivity index (χ0) is 13.8. The molecule has 0 unspecified atom stereocenters. The smallest absolute Gasteiger partial charge is 0.241 e. The molecular formula is C11H13BrClN5O. The van der Waals surface area contributed by atoms with Gasteiger partial charge in [0.25, 0.3) is 0 Å². The van der Waals surface area contributed by atoms with Gasteiger partial charge in [0.15, 0.2) is 0 Å². The van der Waals surface area contributed by atoms with Gasteiger partial charge in [0, 0.05) is 12.7 Å². The van der Waals surface area contributed by atoms with Gasteiger partial charge in [0.05, 0.1) is 34.1 Å². The van der Waals surface area contributed by atoms with Crippen molar-refractivity contribution in [2.75, 3.05) is 6.54 Å². The molecule has 2 aromatic heterocycles. The fourth-order valence-corrected chi connectivity index (χ4v) is 2.01. The van der Waals surface area contributed by atoms with E-state index in [0.717, 1.165) is 10.2 Å². The Kier molecular flexibility index (Phi) is 4.60. The first-order valence-electron chi connectivity index (χ1n) is 5.69. The number of nitrogens with zero attached hydrogens (tertiary/aromatic N) is 4. The van der Waals surface area contributed by atoms with Crippen LogP contribution < -0.4 is 5.32 Å². The number of carbonyl (C=O) groups excluding carboxylic acids is 1. The van der Waals surface area contributed by atoms with Crippen LogP contribution in [0.25, 0.3) is 0 Å². The average Bonchev–Trinajstić information content (AvgIpc) is 2.90. The SMILES string of the molecule is Cc1c(Cl)cnn1CC(=O)NCCn1cc(Br)cn1. The van der Waals surface area contributed by atoms with Crippen molar-refractivity contribution in [3.63, 3.8) is 0 Å². The van der Waals surface area contributed by atoms with Gasteiger partial charge in [-0.05, 0) is 22.9 Å². The number of aromatic nitrogens is 4. The normalized spacial score (nSPS) is 10.7. The topological polar surface area (TPSA) is 64.7 Å². The van der Waals surface area contributed by atoms with E-state index in [1.807, 2.05) is 13.1 Å². The van der Waals surface area contributed by atoms with E-state index in [-0.39, 0.29) is 12.5 Å². The molecule has 19 heavy (non-hydrogen) atoms. The Morgan fingerprint density at radius 2 is 2.26 bits per heavy atom. The van der Waals surface area contributed by atoms with Crippen LogP contribution in [-0.4, -0.2) is 32.0 Å². The summed E-state index contributed by atoms with van der Waals surface area (Å²) in [7, 11) is 0. The lowest BCUT2D eigenvalue weighted by Crippen LogP contribution is -2.31. The fourth-order valence-electron chi connectivity index (χ4n) is 1.55. The van der Waals surface area contributed by atoms with Crippen molar-refractivity contribution >= 4 is 33.4 Å². The Bertz CT molecular complexity index is 579. The molecule has 6 nitrogen and oxygen atoms in total. The van der Waals surface area contributed by atoms with Crippen LogP contribution in [-0.2, 0) is 17.9 Å². The molecule has 0 bridgehead atoms. The van der Waals surface area contributed by atoms with Crippen molar-refractivity contribution in [3.05, 3.63) is 33.8 Å². The second-order valence-electron chi connectivity index (χ2n) is 4.01. The number of amides is 1. The molecule has 0 radical (unpaired) electrons. The lowest BCUT2D eigenvalue weighted by atomic mass is 10.4. The van der Waals surface area contributed by atoms with Crippen molar-refractivity contribution in [1.29, 1.82) is 0 Å².